The van der Waals surface area contributed by atoms with Crippen molar-refractivity contribution >= 4 is 12.4 Å². The molecule has 0 aliphatic carbocycles. The van der Waals surface area contributed by atoms with E-state index in [1.54, 1.807) is 0 Å². The van der Waals surface area contributed by atoms with E-state index in [1.165, 1.54) is 5.56 Å². The molecular formula is C13H22ClNO. The summed E-state index contributed by atoms with van der Waals surface area (Å²) in [6, 6.07) is 8.14. The Labute approximate surface area is 105 Å². The van der Waals surface area contributed by atoms with Crippen molar-refractivity contribution in [1.82, 2.24) is 4.90 Å². The third kappa shape index (κ3) is 4.03. The van der Waals surface area contributed by atoms with Gasteiger partial charge in [-0.3, -0.25) is 4.90 Å². The molecule has 92 valence electrons. The zero-order valence-electron chi connectivity index (χ0n) is 10.6. The molecule has 0 fully saturated rings. The lowest BCUT2D eigenvalue weighted by molar-refractivity contribution is 0.0475. The predicted molar refractivity (Wildman–Crippen MR) is 71.4 cm³/mol. The van der Waals surface area contributed by atoms with Crippen molar-refractivity contribution in [3.8, 4) is 5.75 Å². The van der Waals surface area contributed by atoms with Gasteiger partial charge in [0.05, 0.1) is 0 Å². The molecule has 1 atom stereocenters. The van der Waals surface area contributed by atoms with Gasteiger partial charge in [-0.1, -0.05) is 32.0 Å². The van der Waals surface area contributed by atoms with Crippen LogP contribution in [0, 0.1) is 6.92 Å². The number of benzene rings is 1. The Bertz CT molecular complexity index is 300. The molecule has 1 aromatic rings. The molecule has 1 aromatic carbocycles. The SMILES string of the molecule is CCN(CC)C(C)Oc1ccccc1C.Cl. The highest BCUT2D eigenvalue weighted by molar-refractivity contribution is 5.85. The van der Waals surface area contributed by atoms with E-state index in [4.69, 9.17) is 4.74 Å². The summed E-state index contributed by atoms with van der Waals surface area (Å²) in [4.78, 5) is 2.28. The first-order valence-corrected chi connectivity index (χ1v) is 5.65. The van der Waals surface area contributed by atoms with Crippen molar-refractivity contribution in [2.24, 2.45) is 0 Å². The van der Waals surface area contributed by atoms with E-state index in [9.17, 15) is 0 Å². The van der Waals surface area contributed by atoms with Crippen LogP contribution in [0.1, 0.15) is 26.3 Å². The maximum atomic E-state index is 5.91. The molecule has 0 amide bonds. The second kappa shape index (κ2) is 7.53. The summed E-state index contributed by atoms with van der Waals surface area (Å²) in [5.41, 5.74) is 1.19. The molecule has 0 aliphatic heterocycles. The average Bonchev–Trinajstić information content (AvgIpc) is 2.23. The fourth-order valence-electron chi connectivity index (χ4n) is 1.68. The van der Waals surface area contributed by atoms with Crippen LogP contribution in [0.4, 0.5) is 0 Å². The third-order valence-corrected chi connectivity index (χ3v) is 2.72. The largest absolute Gasteiger partial charge is 0.475 e. The second-order valence-electron chi connectivity index (χ2n) is 3.70. The van der Waals surface area contributed by atoms with E-state index in [0.717, 1.165) is 18.8 Å². The third-order valence-electron chi connectivity index (χ3n) is 2.72. The van der Waals surface area contributed by atoms with E-state index >= 15 is 0 Å². The summed E-state index contributed by atoms with van der Waals surface area (Å²) in [6.07, 6.45) is 0.140. The van der Waals surface area contributed by atoms with Gasteiger partial charge in [0, 0.05) is 0 Å². The number of halogens is 1. The molecule has 0 aliphatic rings. The fraction of sp³-hybridized carbons (Fsp3) is 0.538. The van der Waals surface area contributed by atoms with E-state index in [1.807, 2.05) is 18.2 Å². The Hall–Kier alpha value is -0.730. The van der Waals surface area contributed by atoms with Gasteiger partial charge in [0.15, 0.2) is 0 Å². The predicted octanol–water partition coefficient (Wildman–Crippen LogP) is 3.48. The molecule has 2 nitrogen and oxygen atoms in total. The van der Waals surface area contributed by atoms with E-state index in [2.05, 4.69) is 38.7 Å². The number of hydrogen-bond acceptors (Lipinski definition) is 2. The van der Waals surface area contributed by atoms with Crippen molar-refractivity contribution in [2.45, 2.75) is 33.9 Å². The van der Waals surface area contributed by atoms with Crippen molar-refractivity contribution < 1.29 is 4.74 Å². The molecule has 0 aromatic heterocycles. The molecule has 3 heteroatoms. The van der Waals surface area contributed by atoms with E-state index in [-0.39, 0.29) is 18.6 Å². The number of para-hydroxylation sites is 1. The number of aryl methyl sites for hydroxylation is 1. The highest BCUT2D eigenvalue weighted by Gasteiger charge is 2.11. The van der Waals surface area contributed by atoms with Crippen LogP contribution in [0.2, 0.25) is 0 Å². The molecule has 1 unspecified atom stereocenters. The minimum Gasteiger partial charge on any atom is -0.475 e. The van der Waals surface area contributed by atoms with Crippen LogP contribution in [0.25, 0.3) is 0 Å². The van der Waals surface area contributed by atoms with Gasteiger partial charge in [-0.05, 0) is 38.6 Å². The summed E-state index contributed by atoms with van der Waals surface area (Å²) in [5.74, 6) is 0.983. The number of hydrogen-bond donors (Lipinski definition) is 0. The van der Waals surface area contributed by atoms with Gasteiger partial charge in [-0.25, -0.2) is 0 Å². The molecule has 0 bridgehead atoms. The molecule has 1 rings (SSSR count). The first-order valence-electron chi connectivity index (χ1n) is 5.65. The lowest BCUT2D eigenvalue weighted by Gasteiger charge is -2.27. The quantitative estimate of drug-likeness (QED) is 0.735. The fourth-order valence-corrected chi connectivity index (χ4v) is 1.68. The first kappa shape index (κ1) is 15.3. The molecule has 0 saturated carbocycles. The van der Waals surface area contributed by atoms with Gasteiger partial charge in [0.1, 0.15) is 12.0 Å². The van der Waals surface area contributed by atoms with Gasteiger partial charge >= 0.3 is 0 Å². The lowest BCUT2D eigenvalue weighted by atomic mass is 10.2. The molecule has 0 saturated heterocycles. The van der Waals surface area contributed by atoms with Gasteiger partial charge in [0.25, 0.3) is 0 Å². The summed E-state index contributed by atoms with van der Waals surface area (Å²) < 4.78 is 5.91. The molecule has 0 heterocycles. The summed E-state index contributed by atoms with van der Waals surface area (Å²) >= 11 is 0. The van der Waals surface area contributed by atoms with Crippen LogP contribution >= 0.6 is 12.4 Å². The minimum absolute atomic E-state index is 0. The van der Waals surface area contributed by atoms with Crippen molar-refractivity contribution in [2.75, 3.05) is 13.1 Å². The topological polar surface area (TPSA) is 12.5 Å². The van der Waals surface area contributed by atoms with Crippen LogP contribution in [0.3, 0.4) is 0 Å². The first-order chi connectivity index (χ1) is 7.19. The maximum Gasteiger partial charge on any atom is 0.149 e. The van der Waals surface area contributed by atoms with Gasteiger partial charge in [-0.15, -0.1) is 12.4 Å². The Balaban J connectivity index is 0.00000225. The second-order valence-corrected chi connectivity index (χ2v) is 3.70. The van der Waals surface area contributed by atoms with E-state index in [0.29, 0.717) is 0 Å². The highest BCUT2D eigenvalue weighted by Crippen LogP contribution is 2.18. The maximum absolute atomic E-state index is 5.91. The number of nitrogens with zero attached hydrogens (tertiary/aromatic N) is 1. The zero-order chi connectivity index (χ0) is 11.3. The summed E-state index contributed by atoms with van der Waals surface area (Å²) in [6.45, 7) is 10.5. The summed E-state index contributed by atoms with van der Waals surface area (Å²) in [7, 11) is 0. The summed E-state index contributed by atoms with van der Waals surface area (Å²) in [5, 5.41) is 0. The highest BCUT2D eigenvalue weighted by atomic mass is 35.5. The van der Waals surface area contributed by atoms with E-state index < -0.39 is 0 Å². The Morgan fingerprint density at radius 3 is 2.25 bits per heavy atom. The zero-order valence-corrected chi connectivity index (χ0v) is 11.4. The van der Waals surface area contributed by atoms with Crippen LogP contribution in [-0.4, -0.2) is 24.2 Å². The monoisotopic (exact) mass is 243 g/mol. The van der Waals surface area contributed by atoms with Crippen LogP contribution in [0.5, 0.6) is 5.75 Å². The van der Waals surface area contributed by atoms with Gasteiger partial charge < -0.3 is 4.74 Å². The number of rotatable bonds is 5. The molecule has 16 heavy (non-hydrogen) atoms. The Morgan fingerprint density at radius 1 is 1.19 bits per heavy atom. The Morgan fingerprint density at radius 2 is 1.75 bits per heavy atom. The minimum atomic E-state index is 0. The molecular weight excluding hydrogens is 222 g/mol. The van der Waals surface area contributed by atoms with Crippen LogP contribution < -0.4 is 4.74 Å². The van der Waals surface area contributed by atoms with Crippen LogP contribution in [0.15, 0.2) is 24.3 Å². The normalized spacial score (nSPS) is 12.1. The number of ether oxygens (including phenoxy) is 1. The van der Waals surface area contributed by atoms with Gasteiger partial charge in [0.2, 0.25) is 0 Å². The lowest BCUT2D eigenvalue weighted by Crippen LogP contribution is -2.36. The smallest absolute Gasteiger partial charge is 0.149 e. The average molecular weight is 244 g/mol. The van der Waals surface area contributed by atoms with Crippen LogP contribution in [-0.2, 0) is 0 Å². The van der Waals surface area contributed by atoms with Gasteiger partial charge in [-0.2, -0.15) is 0 Å². The van der Waals surface area contributed by atoms with Crippen molar-refractivity contribution in [1.29, 1.82) is 0 Å². The van der Waals surface area contributed by atoms with Crippen molar-refractivity contribution in [3.63, 3.8) is 0 Å². The Kier molecular flexibility index (Phi) is 7.18. The van der Waals surface area contributed by atoms with Crippen molar-refractivity contribution in [3.05, 3.63) is 29.8 Å². The molecule has 0 N–H and O–H groups in total. The molecule has 0 radical (unpaired) electrons. The standard InChI is InChI=1S/C13H21NO.ClH/c1-5-14(6-2)12(4)15-13-10-8-7-9-11(13)3;/h7-10,12H,5-6H2,1-4H3;1H. The molecule has 0 spiro atoms.